The summed E-state index contributed by atoms with van der Waals surface area (Å²) in [7, 11) is 0. The summed E-state index contributed by atoms with van der Waals surface area (Å²) < 4.78 is 0. The van der Waals surface area contributed by atoms with E-state index in [9.17, 15) is 5.11 Å². The van der Waals surface area contributed by atoms with Crippen molar-refractivity contribution >= 4 is 0 Å². The number of aromatic nitrogens is 1. The maximum absolute atomic E-state index is 9.34. The van der Waals surface area contributed by atoms with Crippen molar-refractivity contribution < 1.29 is 5.11 Å². The molecular formula is C21H22N2O. The van der Waals surface area contributed by atoms with Crippen LogP contribution in [0.15, 0.2) is 79.1 Å². The number of nitrogens with one attached hydrogen (secondary N) is 1. The van der Waals surface area contributed by atoms with Crippen molar-refractivity contribution in [3.63, 3.8) is 0 Å². The minimum Gasteiger partial charge on any atom is -0.396 e. The summed E-state index contributed by atoms with van der Waals surface area (Å²) in [4.78, 5) is 4.19. The van der Waals surface area contributed by atoms with Gasteiger partial charge in [0.05, 0.1) is 0 Å². The van der Waals surface area contributed by atoms with Crippen molar-refractivity contribution in [3.05, 3.63) is 90.3 Å². The first-order valence-corrected chi connectivity index (χ1v) is 8.25. The largest absolute Gasteiger partial charge is 0.396 e. The molecule has 0 aliphatic rings. The predicted octanol–water partition coefficient (Wildman–Crippen LogP) is 3.96. The fourth-order valence-corrected chi connectivity index (χ4v) is 2.84. The number of benzene rings is 2. The lowest BCUT2D eigenvalue weighted by molar-refractivity contribution is 0.265. The van der Waals surface area contributed by atoms with E-state index >= 15 is 0 Å². The van der Waals surface area contributed by atoms with Crippen LogP contribution in [0.1, 0.15) is 23.6 Å². The lowest BCUT2D eigenvalue weighted by atomic mass is 10.0. The first kappa shape index (κ1) is 16.4. The molecule has 0 radical (unpaired) electrons. The van der Waals surface area contributed by atoms with Crippen LogP contribution in [0, 0.1) is 0 Å². The Morgan fingerprint density at radius 2 is 1.75 bits per heavy atom. The number of rotatable bonds is 7. The van der Waals surface area contributed by atoms with Crippen LogP contribution < -0.4 is 5.32 Å². The predicted molar refractivity (Wildman–Crippen MR) is 97.4 cm³/mol. The van der Waals surface area contributed by atoms with Gasteiger partial charge in [-0.1, -0.05) is 54.6 Å². The lowest BCUT2D eigenvalue weighted by Gasteiger charge is -2.18. The summed E-state index contributed by atoms with van der Waals surface area (Å²) in [5.41, 5.74) is 4.71. The van der Waals surface area contributed by atoms with Crippen molar-refractivity contribution in [1.29, 1.82) is 0 Å². The first-order valence-electron chi connectivity index (χ1n) is 8.25. The quantitative estimate of drug-likeness (QED) is 0.693. The summed E-state index contributed by atoms with van der Waals surface area (Å²) in [6.07, 6.45) is 4.37. The molecule has 1 aromatic heterocycles. The minimum atomic E-state index is 0.151. The fraction of sp³-hybridized carbons (Fsp3) is 0.190. The molecule has 2 aromatic carbocycles. The summed E-state index contributed by atoms with van der Waals surface area (Å²) in [5.74, 6) is 0. The van der Waals surface area contributed by atoms with E-state index in [0.717, 1.165) is 12.1 Å². The Morgan fingerprint density at radius 1 is 0.917 bits per heavy atom. The molecule has 1 atom stereocenters. The average molecular weight is 318 g/mol. The van der Waals surface area contributed by atoms with Gasteiger partial charge in [0.15, 0.2) is 0 Å². The summed E-state index contributed by atoms with van der Waals surface area (Å²) >= 11 is 0. The van der Waals surface area contributed by atoms with E-state index in [-0.39, 0.29) is 12.6 Å². The molecule has 122 valence electrons. The van der Waals surface area contributed by atoms with Gasteiger partial charge in [-0.15, -0.1) is 0 Å². The number of hydrogen-bond donors (Lipinski definition) is 2. The second-order valence-corrected chi connectivity index (χ2v) is 5.80. The molecule has 0 unspecified atom stereocenters. The third-order valence-electron chi connectivity index (χ3n) is 4.09. The van der Waals surface area contributed by atoms with Gasteiger partial charge in [0, 0.05) is 31.6 Å². The van der Waals surface area contributed by atoms with E-state index in [0.29, 0.717) is 6.42 Å². The van der Waals surface area contributed by atoms with Gasteiger partial charge in [0.2, 0.25) is 0 Å². The first-order chi connectivity index (χ1) is 11.9. The van der Waals surface area contributed by atoms with Gasteiger partial charge in [0.25, 0.3) is 0 Å². The topological polar surface area (TPSA) is 45.1 Å². The Kier molecular flexibility index (Phi) is 5.72. The Balaban J connectivity index is 1.71. The molecule has 1 heterocycles. The SMILES string of the molecule is OCC[C@@H](NCc1cccc(-c2cccnc2)c1)c1ccccc1. The molecule has 3 aromatic rings. The highest BCUT2D eigenvalue weighted by molar-refractivity contribution is 5.62. The fourth-order valence-electron chi connectivity index (χ4n) is 2.84. The van der Waals surface area contributed by atoms with E-state index in [1.807, 2.05) is 30.5 Å². The molecule has 24 heavy (non-hydrogen) atoms. The van der Waals surface area contributed by atoms with Crippen LogP contribution >= 0.6 is 0 Å². The van der Waals surface area contributed by atoms with Gasteiger partial charge in [-0.05, 0) is 40.8 Å². The molecule has 0 aliphatic carbocycles. The van der Waals surface area contributed by atoms with Crippen molar-refractivity contribution in [3.8, 4) is 11.1 Å². The minimum absolute atomic E-state index is 0.151. The van der Waals surface area contributed by atoms with Gasteiger partial charge in [-0.25, -0.2) is 0 Å². The molecule has 0 saturated heterocycles. The Bertz CT molecular complexity index is 744. The van der Waals surface area contributed by atoms with Crippen LogP contribution in [0.2, 0.25) is 0 Å². The molecule has 0 spiro atoms. The van der Waals surface area contributed by atoms with Gasteiger partial charge >= 0.3 is 0 Å². The second kappa shape index (κ2) is 8.39. The van der Waals surface area contributed by atoms with E-state index in [2.05, 4.69) is 52.8 Å². The maximum atomic E-state index is 9.34. The molecule has 3 rings (SSSR count). The van der Waals surface area contributed by atoms with E-state index in [4.69, 9.17) is 0 Å². The van der Waals surface area contributed by atoms with E-state index in [1.54, 1.807) is 6.20 Å². The molecule has 0 saturated carbocycles. The average Bonchev–Trinajstić information content (AvgIpc) is 2.67. The summed E-state index contributed by atoms with van der Waals surface area (Å²) in [6.45, 7) is 0.927. The van der Waals surface area contributed by atoms with E-state index < -0.39 is 0 Å². The molecule has 0 fully saturated rings. The maximum Gasteiger partial charge on any atom is 0.0449 e. The second-order valence-electron chi connectivity index (χ2n) is 5.80. The lowest BCUT2D eigenvalue weighted by Crippen LogP contribution is -2.22. The smallest absolute Gasteiger partial charge is 0.0449 e. The Morgan fingerprint density at radius 3 is 2.50 bits per heavy atom. The molecule has 0 amide bonds. The zero-order valence-corrected chi connectivity index (χ0v) is 13.6. The summed E-state index contributed by atoms with van der Waals surface area (Å²) in [6, 6.07) is 22.9. The van der Waals surface area contributed by atoms with Crippen LogP contribution in [0.25, 0.3) is 11.1 Å². The van der Waals surface area contributed by atoms with Crippen molar-refractivity contribution in [2.24, 2.45) is 0 Å². The van der Waals surface area contributed by atoms with Crippen molar-refractivity contribution in [2.45, 2.75) is 19.0 Å². The Labute approximate surface area is 143 Å². The highest BCUT2D eigenvalue weighted by atomic mass is 16.3. The normalized spacial score (nSPS) is 12.0. The number of aliphatic hydroxyl groups is 1. The molecular weight excluding hydrogens is 296 g/mol. The monoisotopic (exact) mass is 318 g/mol. The molecule has 0 bridgehead atoms. The highest BCUT2D eigenvalue weighted by Gasteiger charge is 2.10. The van der Waals surface area contributed by atoms with Crippen LogP contribution in [-0.4, -0.2) is 16.7 Å². The van der Waals surface area contributed by atoms with Gasteiger partial charge in [-0.2, -0.15) is 0 Å². The number of nitrogens with zero attached hydrogens (tertiary/aromatic N) is 1. The molecule has 2 N–H and O–H groups in total. The Hall–Kier alpha value is -2.49. The van der Waals surface area contributed by atoms with Crippen LogP contribution in [0.5, 0.6) is 0 Å². The van der Waals surface area contributed by atoms with Gasteiger partial charge < -0.3 is 10.4 Å². The third kappa shape index (κ3) is 4.28. The third-order valence-corrected chi connectivity index (χ3v) is 4.09. The van der Waals surface area contributed by atoms with Gasteiger partial charge in [0.1, 0.15) is 0 Å². The van der Waals surface area contributed by atoms with Crippen LogP contribution in [0.4, 0.5) is 0 Å². The molecule has 3 nitrogen and oxygen atoms in total. The van der Waals surface area contributed by atoms with Gasteiger partial charge in [-0.3, -0.25) is 4.98 Å². The molecule has 3 heteroatoms. The molecule has 0 aliphatic heterocycles. The standard InChI is InChI=1S/C21H22N2O/c24-13-11-21(18-7-2-1-3-8-18)23-15-17-6-4-9-19(14-17)20-10-5-12-22-16-20/h1-10,12,14,16,21,23-24H,11,13,15H2/t21-/m1/s1. The zero-order chi connectivity index (χ0) is 16.6. The van der Waals surface area contributed by atoms with Crippen LogP contribution in [-0.2, 0) is 6.54 Å². The van der Waals surface area contributed by atoms with Crippen molar-refractivity contribution in [2.75, 3.05) is 6.61 Å². The number of hydrogen-bond acceptors (Lipinski definition) is 3. The van der Waals surface area contributed by atoms with Crippen LogP contribution in [0.3, 0.4) is 0 Å². The number of aliphatic hydroxyl groups excluding tert-OH is 1. The summed E-state index contributed by atoms with van der Waals surface area (Å²) in [5, 5.41) is 12.9. The number of pyridine rings is 1. The van der Waals surface area contributed by atoms with Crippen molar-refractivity contribution in [1.82, 2.24) is 10.3 Å². The highest BCUT2D eigenvalue weighted by Crippen LogP contribution is 2.21. The zero-order valence-electron chi connectivity index (χ0n) is 13.6. The van der Waals surface area contributed by atoms with E-state index in [1.165, 1.54) is 16.7 Å².